The van der Waals surface area contributed by atoms with Crippen LogP contribution in [0.1, 0.15) is 29.7 Å². The molecule has 15 nitrogen and oxygen atoms in total. The fraction of sp³-hybridized carbons (Fsp3) is 0.0333. The zero-order valence-electron chi connectivity index (χ0n) is 23.7. The molecule has 226 valence electrons. The van der Waals surface area contributed by atoms with E-state index in [1.807, 2.05) is 0 Å². The molecule has 2 aromatic carbocycles. The van der Waals surface area contributed by atoms with Gasteiger partial charge in [-0.2, -0.15) is 36.8 Å². The van der Waals surface area contributed by atoms with Crippen molar-refractivity contribution >= 4 is 55.9 Å². The van der Waals surface area contributed by atoms with Crippen molar-refractivity contribution in [2.45, 2.75) is 6.92 Å². The van der Waals surface area contributed by atoms with E-state index in [4.69, 9.17) is 28.9 Å². The highest BCUT2D eigenvalue weighted by Gasteiger charge is 2.26. The van der Waals surface area contributed by atoms with E-state index in [1.54, 1.807) is 24.3 Å². The van der Waals surface area contributed by atoms with Gasteiger partial charge in [0, 0.05) is 5.57 Å². The Labute approximate surface area is 268 Å². The number of aromatic nitrogens is 6. The molecule has 0 aliphatic carbocycles. The minimum absolute atomic E-state index is 0.00714. The molecule has 0 spiro atoms. The first-order valence-electron chi connectivity index (χ1n) is 12.4. The lowest BCUT2D eigenvalue weighted by atomic mass is 10.1. The molecule has 5 rings (SSSR count). The first-order chi connectivity index (χ1) is 23.5. The van der Waals surface area contributed by atoms with Gasteiger partial charge in [-0.15, -0.1) is 9.97 Å². The number of nitriles is 7. The van der Waals surface area contributed by atoms with Crippen molar-refractivity contribution in [3.05, 3.63) is 79.3 Å². The molecule has 0 bridgehead atoms. The van der Waals surface area contributed by atoms with Crippen molar-refractivity contribution in [3.63, 3.8) is 0 Å². The van der Waals surface area contributed by atoms with Crippen molar-refractivity contribution in [1.29, 1.82) is 36.8 Å². The standard InChI is InChI=1S/C18N12.C12H3F4N3/c1-23-17-9(5-21)27-13-11-12(26-8(4-20)7(3-19)25-11)14-16(15(13)29-17)30-18(24-2)10(6-22)28-14;1-5(2-17)7-9(13)11(15)8(6(3-18)4-19)12(16)10(7)14/h;1H3. The van der Waals surface area contributed by atoms with E-state index >= 15 is 0 Å². The zero-order valence-corrected chi connectivity index (χ0v) is 23.7. The molecular weight excluding hydrogens is 646 g/mol. The lowest BCUT2D eigenvalue weighted by Gasteiger charge is -2.06. The number of hydrogen-bond donors (Lipinski definition) is 0. The summed E-state index contributed by atoms with van der Waals surface area (Å²) in [6.07, 6.45) is 0. The van der Waals surface area contributed by atoms with Gasteiger partial charge in [-0.3, -0.25) is 0 Å². The molecule has 5 aromatic rings. The molecule has 0 atom stereocenters. The van der Waals surface area contributed by atoms with Crippen LogP contribution in [0.2, 0.25) is 0 Å². The lowest BCUT2D eigenvalue weighted by Crippen LogP contribution is -2.30. The van der Waals surface area contributed by atoms with Gasteiger partial charge < -0.3 is 9.69 Å². The molecule has 0 radical (unpaired) electrons. The van der Waals surface area contributed by atoms with E-state index in [0.717, 1.165) is 19.1 Å². The van der Waals surface area contributed by atoms with Crippen LogP contribution < -0.4 is 10.4 Å². The first kappa shape index (κ1) is 33.2. The number of rotatable bonds is 0. The van der Waals surface area contributed by atoms with Crippen LogP contribution >= 0.6 is 0 Å². The second kappa shape index (κ2) is 13.1. The highest BCUT2D eigenvalue weighted by Crippen LogP contribution is 2.33. The maximum atomic E-state index is 13.6. The van der Waals surface area contributed by atoms with Crippen molar-refractivity contribution in [3.8, 4) is 42.5 Å². The fourth-order valence-corrected chi connectivity index (χ4v) is 4.11. The topological polar surface area (TPSA) is 253 Å². The van der Waals surface area contributed by atoms with Gasteiger partial charge in [-0.25, -0.2) is 37.5 Å². The van der Waals surface area contributed by atoms with Gasteiger partial charge in [0.05, 0.1) is 16.5 Å². The zero-order chi connectivity index (χ0) is 36.2. The molecule has 3 aromatic heterocycles. The Kier molecular flexibility index (Phi) is 8.91. The molecule has 0 aliphatic rings. The first-order valence-corrected chi connectivity index (χ1v) is 12.4. The van der Waals surface area contributed by atoms with Crippen LogP contribution in [0.15, 0.2) is 0 Å². The van der Waals surface area contributed by atoms with E-state index in [1.165, 1.54) is 6.07 Å². The van der Waals surface area contributed by atoms with Gasteiger partial charge in [0.1, 0.15) is 64.1 Å². The van der Waals surface area contributed by atoms with Crippen molar-refractivity contribution in [2.75, 3.05) is 0 Å². The average Bonchev–Trinajstić information content (AvgIpc) is 3.14. The molecule has 0 N–H and O–H groups in total. The van der Waals surface area contributed by atoms with Crippen LogP contribution in [0.25, 0.3) is 53.9 Å². The molecule has 19 heteroatoms. The summed E-state index contributed by atoms with van der Waals surface area (Å²) in [7, 11) is 0. The average molecular weight is 649 g/mol. The van der Waals surface area contributed by atoms with Crippen molar-refractivity contribution < 1.29 is 17.6 Å². The predicted octanol–water partition coefficient (Wildman–Crippen LogP) is 3.24. The van der Waals surface area contributed by atoms with Gasteiger partial charge in [-0.05, 0) is 6.92 Å². The summed E-state index contributed by atoms with van der Waals surface area (Å²) in [6.45, 7) is 15.4. The van der Waals surface area contributed by atoms with Gasteiger partial charge in [0.2, 0.25) is 11.0 Å². The molecular formula is C30H3F4N15. The third-order valence-corrected chi connectivity index (χ3v) is 6.24. The predicted molar refractivity (Wildman–Crippen MR) is 152 cm³/mol. The van der Waals surface area contributed by atoms with Crippen LogP contribution in [0.3, 0.4) is 0 Å². The number of fused-ring (bicyclic) bond motifs is 6. The van der Waals surface area contributed by atoms with Crippen LogP contribution in [0, 0.1) is 116 Å². The Bertz CT molecular complexity index is 2480. The third kappa shape index (κ3) is 5.34. The Hall–Kier alpha value is -8.67. The normalized spacial score (nSPS) is 9.55. The summed E-state index contributed by atoms with van der Waals surface area (Å²) in [6, 6.07) is 10.7. The van der Waals surface area contributed by atoms with Crippen LogP contribution in [0.5, 0.6) is 0 Å². The number of halogens is 4. The van der Waals surface area contributed by atoms with Gasteiger partial charge >= 0.3 is 11.6 Å². The molecule has 3 heterocycles. The highest BCUT2D eigenvalue weighted by atomic mass is 19.2. The largest absolute Gasteiger partial charge is 0.358 e. The highest BCUT2D eigenvalue weighted by molar-refractivity contribution is 6.18. The Morgan fingerprint density at radius 3 is 1.08 bits per heavy atom. The Morgan fingerprint density at radius 2 is 0.796 bits per heavy atom. The van der Waals surface area contributed by atoms with Gasteiger partial charge in [0.25, 0.3) is 0 Å². The van der Waals surface area contributed by atoms with E-state index < -0.39 is 44.9 Å². The SMILES string of the molecule is CC(C#N)=c1c(F)c(F)c(=C(C#N)C#N)c(F)c1F.[C-]#[N+]c1nc2c(nc1C#N)c1nc(C#N)c(C#N)nc1c1nc(C#N)c([N+]#[C-])nc12. The summed E-state index contributed by atoms with van der Waals surface area (Å²) >= 11 is 0. The summed E-state index contributed by atoms with van der Waals surface area (Å²) in [5, 5.41) is 60.1. The van der Waals surface area contributed by atoms with E-state index in [-0.39, 0.29) is 67.5 Å². The quantitative estimate of drug-likeness (QED) is 0.101. The molecule has 0 unspecified atom stereocenters. The second-order valence-corrected chi connectivity index (χ2v) is 8.82. The fourth-order valence-electron chi connectivity index (χ4n) is 4.11. The Morgan fingerprint density at radius 1 is 0.490 bits per heavy atom. The summed E-state index contributed by atoms with van der Waals surface area (Å²) in [5.74, 6) is -8.03. The van der Waals surface area contributed by atoms with E-state index in [0.29, 0.717) is 0 Å². The van der Waals surface area contributed by atoms with Gasteiger partial charge in [0.15, 0.2) is 46.0 Å². The van der Waals surface area contributed by atoms with E-state index in [9.17, 15) is 38.6 Å². The minimum atomic E-state index is -1.89. The number of nitrogens with zero attached hydrogens (tertiary/aromatic N) is 15. The van der Waals surface area contributed by atoms with Crippen LogP contribution in [0.4, 0.5) is 29.2 Å². The molecule has 49 heavy (non-hydrogen) atoms. The van der Waals surface area contributed by atoms with Crippen LogP contribution in [-0.2, 0) is 0 Å². The molecule has 0 fully saturated rings. The molecule has 0 saturated carbocycles. The Balaban J connectivity index is 0.000000246. The van der Waals surface area contributed by atoms with Crippen molar-refractivity contribution in [1.82, 2.24) is 29.9 Å². The monoisotopic (exact) mass is 649 g/mol. The minimum Gasteiger partial charge on any atom is -0.358 e. The van der Waals surface area contributed by atoms with Crippen LogP contribution in [-0.4, -0.2) is 29.9 Å². The second-order valence-electron chi connectivity index (χ2n) is 8.82. The van der Waals surface area contributed by atoms with Gasteiger partial charge in [-0.1, -0.05) is 13.1 Å². The molecule has 0 amide bonds. The third-order valence-electron chi connectivity index (χ3n) is 6.24. The van der Waals surface area contributed by atoms with Crippen molar-refractivity contribution in [2.24, 2.45) is 0 Å². The summed E-state index contributed by atoms with van der Waals surface area (Å²) in [4.78, 5) is 31.1. The summed E-state index contributed by atoms with van der Waals surface area (Å²) in [5.41, 5.74) is -2.87. The maximum Gasteiger partial charge on any atom is 0.307 e. The lowest BCUT2D eigenvalue weighted by molar-refractivity contribution is 0.434. The molecule has 0 saturated heterocycles. The smallest absolute Gasteiger partial charge is 0.307 e. The maximum absolute atomic E-state index is 13.6. The summed E-state index contributed by atoms with van der Waals surface area (Å²) < 4.78 is 54.4. The number of hydrogen-bond acceptors (Lipinski definition) is 13. The van der Waals surface area contributed by atoms with E-state index in [2.05, 4.69) is 39.6 Å². The molecule has 0 aliphatic heterocycles. The number of benzene rings is 2.